The first kappa shape index (κ1) is 14.2. The van der Waals surface area contributed by atoms with E-state index in [1.807, 2.05) is 28.4 Å². The van der Waals surface area contributed by atoms with Crippen LogP contribution in [-0.4, -0.2) is 34.1 Å². The van der Waals surface area contributed by atoms with Gasteiger partial charge in [-0.05, 0) is 29.3 Å². The first-order valence-electron chi connectivity index (χ1n) is 6.97. The van der Waals surface area contributed by atoms with Crippen molar-refractivity contribution >= 4 is 17.2 Å². The van der Waals surface area contributed by atoms with Gasteiger partial charge < -0.3 is 10.1 Å². The van der Waals surface area contributed by atoms with Crippen LogP contribution in [-0.2, 0) is 29.1 Å². The topological polar surface area (TPSA) is 69.0 Å². The summed E-state index contributed by atoms with van der Waals surface area (Å²) in [4.78, 5) is 11.9. The van der Waals surface area contributed by atoms with Gasteiger partial charge in [0.15, 0.2) is 0 Å². The Labute approximate surface area is 127 Å². The SMILES string of the molecule is Cc1nnn2c1COCC(CNC(=O)Cc1ccsc1)C2. The quantitative estimate of drug-likeness (QED) is 0.920. The van der Waals surface area contributed by atoms with Crippen LogP contribution >= 0.6 is 11.3 Å². The molecule has 1 N–H and O–H groups in total. The molecule has 0 saturated carbocycles. The molecule has 1 aliphatic rings. The molecule has 21 heavy (non-hydrogen) atoms. The molecule has 0 aromatic carbocycles. The molecule has 0 saturated heterocycles. The second kappa shape index (κ2) is 6.36. The lowest BCUT2D eigenvalue weighted by Gasteiger charge is -2.14. The Morgan fingerprint density at radius 1 is 1.62 bits per heavy atom. The lowest BCUT2D eigenvalue weighted by atomic mass is 10.1. The van der Waals surface area contributed by atoms with Gasteiger partial charge in [0, 0.05) is 19.0 Å². The molecule has 6 nitrogen and oxygen atoms in total. The fraction of sp³-hybridized carbons (Fsp3) is 0.500. The molecule has 2 aromatic rings. The number of thiophene rings is 1. The van der Waals surface area contributed by atoms with Gasteiger partial charge in [0.05, 0.1) is 31.0 Å². The first-order chi connectivity index (χ1) is 10.2. The van der Waals surface area contributed by atoms with Crippen molar-refractivity contribution in [2.75, 3.05) is 13.2 Å². The number of hydrogen-bond acceptors (Lipinski definition) is 5. The number of nitrogens with zero attached hydrogens (tertiary/aromatic N) is 3. The second-order valence-corrected chi connectivity index (χ2v) is 6.08. The molecule has 0 radical (unpaired) electrons. The van der Waals surface area contributed by atoms with Gasteiger partial charge in [0.2, 0.25) is 5.91 Å². The van der Waals surface area contributed by atoms with Gasteiger partial charge in [-0.2, -0.15) is 11.3 Å². The van der Waals surface area contributed by atoms with E-state index >= 15 is 0 Å². The molecule has 3 heterocycles. The zero-order chi connectivity index (χ0) is 14.7. The van der Waals surface area contributed by atoms with Crippen LogP contribution in [0, 0.1) is 12.8 Å². The molecule has 2 aromatic heterocycles. The minimum Gasteiger partial charge on any atom is -0.375 e. The van der Waals surface area contributed by atoms with E-state index in [-0.39, 0.29) is 11.8 Å². The number of rotatable bonds is 4. The zero-order valence-corrected chi connectivity index (χ0v) is 12.7. The highest BCUT2D eigenvalue weighted by Crippen LogP contribution is 2.14. The number of ether oxygens (including phenoxy) is 1. The number of aromatic nitrogens is 3. The summed E-state index contributed by atoms with van der Waals surface area (Å²) < 4.78 is 7.55. The highest BCUT2D eigenvalue weighted by molar-refractivity contribution is 7.07. The largest absolute Gasteiger partial charge is 0.375 e. The summed E-state index contributed by atoms with van der Waals surface area (Å²) in [7, 11) is 0. The molecule has 7 heteroatoms. The van der Waals surface area contributed by atoms with Gasteiger partial charge in [-0.1, -0.05) is 5.21 Å². The van der Waals surface area contributed by atoms with Crippen LogP contribution in [0.3, 0.4) is 0 Å². The molecule has 112 valence electrons. The van der Waals surface area contributed by atoms with Crippen LogP contribution in [0.25, 0.3) is 0 Å². The van der Waals surface area contributed by atoms with Crippen molar-refractivity contribution in [2.24, 2.45) is 5.92 Å². The highest BCUT2D eigenvalue weighted by atomic mass is 32.1. The summed E-state index contributed by atoms with van der Waals surface area (Å²) in [6, 6.07) is 1.98. The standard InChI is InChI=1S/C14H18N4O2S/c1-10-13-8-20-7-12(6-18(13)17-16-10)5-15-14(19)4-11-2-3-21-9-11/h2-3,9,12H,4-8H2,1H3,(H,15,19). The Morgan fingerprint density at radius 2 is 2.52 bits per heavy atom. The summed E-state index contributed by atoms with van der Waals surface area (Å²) in [6.45, 7) is 4.43. The maximum absolute atomic E-state index is 11.9. The van der Waals surface area contributed by atoms with E-state index in [2.05, 4.69) is 15.6 Å². The molecule has 1 amide bonds. The minimum atomic E-state index is 0.0487. The van der Waals surface area contributed by atoms with Crippen LogP contribution in [0.4, 0.5) is 0 Å². The van der Waals surface area contributed by atoms with Crippen LogP contribution in [0.1, 0.15) is 17.0 Å². The molecular formula is C14H18N4O2S. The average Bonchev–Trinajstić information content (AvgIpc) is 3.03. The molecule has 0 bridgehead atoms. The average molecular weight is 306 g/mol. The van der Waals surface area contributed by atoms with Crippen molar-refractivity contribution in [3.63, 3.8) is 0 Å². The third-order valence-electron chi connectivity index (χ3n) is 3.59. The van der Waals surface area contributed by atoms with Gasteiger partial charge in [-0.25, -0.2) is 4.68 Å². The maximum atomic E-state index is 11.9. The Morgan fingerprint density at radius 3 is 3.33 bits per heavy atom. The second-order valence-electron chi connectivity index (χ2n) is 5.30. The normalized spacial score (nSPS) is 18.0. The van der Waals surface area contributed by atoms with E-state index in [0.29, 0.717) is 26.2 Å². The minimum absolute atomic E-state index is 0.0487. The maximum Gasteiger partial charge on any atom is 0.224 e. The molecule has 0 spiro atoms. The van der Waals surface area contributed by atoms with Crippen LogP contribution in [0.2, 0.25) is 0 Å². The van der Waals surface area contributed by atoms with Crippen molar-refractivity contribution in [2.45, 2.75) is 26.5 Å². The first-order valence-corrected chi connectivity index (χ1v) is 7.91. The lowest BCUT2D eigenvalue weighted by molar-refractivity contribution is -0.120. The predicted molar refractivity (Wildman–Crippen MR) is 78.9 cm³/mol. The van der Waals surface area contributed by atoms with Gasteiger partial charge in [0.25, 0.3) is 0 Å². The van der Waals surface area contributed by atoms with Crippen molar-refractivity contribution in [1.82, 2.24) is 20.3 Å². The monoisotopic (exact) mass is 306 g/mol. The molecule has 1 aliphatic heterocycles. The zero-order valence-electron chi connectivity index (χ0n) is 11.9. The fourth-order valence-electron chi connectivity index (χ4n) is 2.39. The van der Waals surface area contributed by atoms with Crippen molar-refractivity contribution in [3.8, 4) is 0 Å². The summed E-state index contributed by atoms with van der Waals surface area (Å²) in [5.74, 6) is 0.270. The van der Waals surface area contributed by atoms with E-state index in [0.717, 1.165) is 23.5 Å². The summed E-state index contributed by atoms with van der Waals surface area (Å²) in [5, 5.41) is 15.2. The number of hydrogen-bond donors (Lipinski definition) is 1. The van der Waals surface area contributed by atoms with E-state index in [9.17, 15) is 4.79 Å². The number of aryl methyl sites for hydroxylation is 1. The molecular weight excluding hydrogens is 288 g/mol. The fourth-order valence-corrected chi connectivity index (χ4v) is 3.06. The number of nitrogens with one attached hydrogen (secondary N) is 1. The van der Waals surface area contributed by atoms with E-state index < -0.39 is 0 Å². The van der Waals surface area contributed by atoms with Crippen LogP contribution in [0.15, 0.2) is 16.8 Å². The van der Waals surface area contributed by atoms with Crippen molar-refractivity contribution in [3.05, 3.63) is 33.8 Å². The number of fused-ring (bicyclic) bond motifs is 1. The molecule has 1 atom stereocenters. The third kappa shape index (κ3) is 3.48. The Bertz CT molecular complexity index is 609. The van der Waals surface area contributed by atoms with E-state index in [1.54, 1.807) is 11.3 Å². The van der Waals surface area contributed by atoms with Crippen molar-refractivity contribution < 1.29 is 9.53 Å². The van der Waals surface area contributed by atoms with Gasteiger partial charge in [-0.3, -0.25) is 4.79 Å². The summed E-state index contributed by atoms with van der Waals surface area (Å²) in [5.41, 5.74) is 3.00. The third-order valence-corrected chi connectivity index (χ3v) is 4.32. The lowest BCUT2D eigenvalue weighted by Crippen LogP contribution is -2.33. The Hall–Kier alpha value is -1.73. The predicted octanol–water partition coefficient (Wildman–Crippen LogP) is 1.15. The van der Waals surface area contributed by atoms with Crippen LogP contribution in [0.5, 0.6) is 0 Å². The van der Waals surface area contributed by atoms with Crippen molar-refractivity contribution in [1.29, 1.82) is 0 Å². The van der Waals surface area contributed by atoms with E-state index in [1.165, 1.54) is 0 Å². The Kier molecular flexibility index (Phi) is 4.31. The molecule has 0 fully saturated rings. The molecule has 3 rings (SSSR count). The van der Waals surface area contributed by atoms with E-state index in [4.69, 9.17) is 4.74 Å². The summed E-state index contributed by atoms with van der Waals surface area (Å²) >= 11 is 1.61. The van der Waals surface area contributed by atoms with Gasteiger partial charge in [0.1, 0.15) is 0 Å². The molecule has 1 unspecified atom stereocenters. The van der Waals surface area contributed by atoms with Gasteiger partial charge in [-0.15, -0.1) is 5.10 Å². The number of amides is 1. The van der Waals surface area contributed by atoms with Gasteiger partial charge >= 0.3 is 0 Å². The number of carbonyl (C=O) groups excluding carboxylic acids is 1. The smallest absolute Gasteiger partial charge is 0.224 e. The van der Waals surface area contributed by atoms with Crippen LogP contribution < -0.4 is 5.32 Å². The molecule has 0 aliphatic carbocycles. The summed E-state index contributed by atoms with van der Waals surface area (Å²) in [6.07, 6.45) is 0.435. The highest BCUT2D eigenvalue weighted by Gasteiger charge is 2.20. The Balaban J connectivity index is 1.52. The number of carbonyl (C=O) groups is 1.